The van der Waals surface area contributed by atoms with Crippen molar-refractivity contribution in [1.82, 2.24) is 0 Å². The number of ketones is 1. The highest BCUT2D eigenvalue weighted by Gasteiger charge is 2.35. The number of carbonyl (C=O) groups excluding carboxylic acids is 2. The van der Waals surface area contributed by atoms with Crippen LogP contribution >= 0.6 is 0 Å². The lowest BCUT2D eigenvalue weighted by atomic mass is 9.83. The van der Waals surface area contributed by atoms with Gasteiger partial charge in [0.25, 0.3) is 0 Å². The number of hydrogen-bond donors (Lipinski definition) is 0. The summed E-state index contributed by atoms with van der Waals surface area (Å²) >= 11 is 0. The molecule has 1 aliphatic rings. The minimum atomic E-state index is -0.495. The van der Waals surface area contributed by atoms with Gasteiger partial charge in [-0.15, -0.1) is 0 Å². The maximum absolute atomic E-state index is 11.9. The molecule has 124 valence electrons. The molecule has 0 spiro atoms. The second-order valence-electron chi connectivity index (χ2n) is 6.38. The first-order valence-corrected chi connectivity index (χ1v) is 8.54. The molecule has 2 rings (SSSR count). The van der Waals surface area contributed by atoms with Gasteiger partial charge in [-0.3, -0.25) is 9.59 Å². The first kappa shape index (κ1) is 17.5. The molecule has 0 saturated heterocycles. The number of unbranched alkanes of at least 4 members (excludes halogenated alkanes) is 1. The van der Waals surface area contributed by atoms with Gasteiger partial charge in [-0.25, -0.2) is 0 Å². The van der Waals surface area contributed by atoms with Crippen molar-refractivity contribution in [2.45, 2.75) is 64.9 Å². The van der Waals surface area contributed by atoms with Crippen molar-refractivity contribution < 1.29 is 14.3 Å². The Balaban J connectivity index is 2.42. The molecule has 1 unspecified atom stereocenters. The Morgan fingerprint density at radius 1 is 1.30 bits per heavy atom. The summed E-state index contributed by atoms with van der Waals surface area (Å²) in [5.74, 6) is 0.297. The van der Waals surface area contributed by atoms with Crippen LogP contribution in [0.1, 0.15) is 75.2 Å². The maximum atomic E-state index is 11.9. The zero-order chi connectivity index (χ0) is 16.9. The number of ether oxygens (including phenoxy) is 1. The zero-order valence-corrected chi connectivity index (χ0v) is 14.4. The van der Waals surface area contributed by atoms with E-state index in [2.05, 4.69) is 20.8 Å². The van der Waals surface area contributed by atoms with Crippen molar-refractivity contribution in [1.29, 1.82) is 0 Å². The summed E-state index contributed by atoms with van der Waals surface area (Å²) in [6.07, 6.45) is 6.62. The van der Waals surface area contributed by atoms with E-state index in [-0.39, 0.29) is 5.60 Å². The lowest BCUT2D eigenvalue weighted by molar-refractivity contribution is -0.104. The summed E-state index contributed by atoms with van der Waals surface area (Å²) in [5.41, 5.74) is 2.18. The first-order chi connectivity index (χ1) is 11.1. The maximum Gasteiger partial charge on any atom is 0.226 e. The van der Waals surface area contributed by atoms with Crippen LogP contribution in [0.5, 0.6) is 0 Å². The quantitative estimate of drug-likeness (QED) is 0.406. The molecule has 0 N–H and O–H groups in total. The number of carbonyl (C=O) groups is 2. The van der Waals surface area contributed by atoms with Crippen LogP contribution < -0.4 is 0 Å². The second kappa shape index (κ2) is 7.58. The van der Waals surface area contributed by atoms with E-state index in [1.54, 1.807) is 12.1 Å². The Labute approximate surface area is 138 Å². The molecule has 3 heteroatoms. The predicted octanol–water partition coefficient (Wildman–Crippen LogP) is 4.95. The minimum absolute atomic E-state index is 0.151. The van der Waals surface area contributed by atoms with Crippen LogP contribution in [0.15, 0.2) is 29.8 Å². The van der Waals surface area contributed by atoms with Crippen LogP contribution in [0.4, 0.5) is 0 Å². The summed E-state index contributed by atoms with van der Waals surface area (Å²) in [7, 11) is 0. The van der Waals surface area contributed by atoms with Crippen molar-refractivity contribution >= 4 is 17.8 Å². The van der Waals surface area contributed by atoms with Crippen LogP contribution in [-0.4, -0.2) is 17.7 Å². The van der Waals surface area contributed by atoms with Gasteiger partial charge < -0.3 is 4.74 Å². The number of benzene rings is 1. The third kappa shape index (κ3) is 3.72. The highest BCUT2D eigenvalue weighted by atomic mass is 16.5. The van der Waals surface area contributed by atoms with Gasteiger partial charge in [0.1, 0.15) is 11.4 Å². The van der Waals surface area contributed by atoms with Gasteiger partial charge >= 0.3 is 0 Å². The monoisotopic (exact) mass is 314 g/mol. The third-order valence-corrected chi connectivity index (χ3v) is 4.84. The normalized spacial score (nSPS) is 21.0. The third-order valence-electron chi connectivity index (χ3n) is 4.84. The molecule has 0 aromatic heterocycles. The Morgan fingerprint density at radius 3 is 2.70 bits per heavy atom. The Morgan fingerprint density at radius 2 is 2.04 bits per heavy atom. The molecule has 1 heterocycles. The first-order valence-electron chi connectivity index (χ1n) is 8.54. The fraction of sp³-hybridized carbons (Fsp3) is 0.500. The van der Waals surface area contributed by atoms with E-state index in [0.717, 1.165) is 55.4 Å². The molecule has 0 saturated carbocycles. The number of aldehydes is 1. The van der Waals surface area contributed by atoms with E-state index in [1.165, 1.54) is 0 Å². The average Bonchev–Trinajstić information content (AvgIpc) is 2.60. The fourth-order valence-electron chi connectivity index (χ4n) is 3.23. The number of rotatable bonds is 7. The molecule has 1 aromatic rings. The molecule has 0 aliphatic carbocycles. The number of Topliss-reactive ketones (excluding diaryl/α,β-unsaturated/α-hetero) is 1. The van der Waals surface area contributed by atoms with Gasteiger partial charge in [0.15, 0.2) is 6.29 Å². The van der Waals surface area contributed by atoms with Gasteiger partial charge in [-0.05, 0) is 44.6 Å². The van der Waals surface area contributed by atoms with Gasteiger partial charge in [-0.2, -0.15) is 0 Å². The SMILES string of the molecule is CCCCC1(CC)CCC(C)=C(c2ccccc2C(=O)C=O)O1. The van der Waals surface area contributed by atoms with Crippen molar-refractivity contribution in [3.05, 3.63) is 41.0 Å². The van der Waals surface area contributed by atoms with Gasteiger partial charge in [0.2, 0.25) is 5.78 Å². The lowest BCUT2D eigenvalue weighted by Gasteiger charge is -2.39. The Kier molecular flexibility index (Phi) is 5.75. The van der Waals surface area contributed by atoms with E-state index in [0.29, 0.717) is 11.8 Å². The van der Waals surface area contributed by atoms with E-state index in [1.807, 2.05) is 12.1 Å². The Bertz CT molecular complexity index is 615. The van der Waals surface area contributed by atoms with Crippen LogP contribution in [0.2, 0.25) is 0 Å². The summed E-state index contributed by atoms with van der Waals surface area (Å²) < 4.78 is 6.47. The molecule has 1 atom stereocenters. The van der Waals surface area contributed by atoms with Crippen LogP contribution in [-0.2, 0) is 9.53 Å². The van der Waals surface area contributed by atoms with Gasteiger partial charge in [0.05, 0.1) is 0 Å². The summed E-state index contributed by atoms with van der Waals surface area (Å²) in [4.78, 5) is 22.9. The number of hydrogen-bond acceptors (Lipinski definition) is 3. The Hall–Kier alpha value is -1.90. The van der Waals surface area contributed by atoms with E-state index in [9.17, 15) is 9.59 Å². The van der Waals surface area contributed by atoms with Crippen molar-refractivity contribution in [2.75, 3.05) is 0 Å². The van der Waals surface area contributed by atoms with Crippen LogP contribution in [0.25, 0.3) is 5.76 Å². The molecular formula is C20H26O3. The predicted molar refractivity (Wildman–Crippen MR) is 92.3 cm³/mol. The molecule has 23 heavy (non-hydrogen) atoms. The van der Waals surface area contributed by atoms with E-state index in [4.69, 9.17) is 4.74 Å². The largest absolute Gasteiger partial charge is 0.487 e. The second-order valence-corrected chi connectivity index (χ2v) is 6.38. The fourth-order valence-corrected chi connectivity index (χ4v) is 3.23. The molecule has 1 aromatic carbocycles. The minimum Gasteiger partial charge on any atom is -0.487 e. The van der Waals surface area contributed by atoms with Gasteiger partial charge in [-0.1, -0.05) is 44.5 Å². The summed E-state index contributed by atoms with van der Waals surface area (Å²) in [5, 5.41) is 0. The van der Waals surface area contributed by atoms with Crippen molar-refractivity contribution in [2.24, 2.45) is 0 Å². The van der Waals surface area contributed by atoms with Crippen LogP contribution in [0.3, 0.4) is 0 Å². The standard InChI is InChI=1S/C20H26O3/c1-4-6-12-20(5-2)13-11-15(3)19(23-20)17-10-8-7-9-16(17)18(22)14-21/h7-10,14H,4-6,11-13H2,1-3H3. The molecular weight excluding hydrogens is 288 g/mol. The van der Waals surface area contributed by atoms with Crippen molar-refractivity contribution in [3.63, 3.8) is 0 Å². The molecule has 0 amide bonds. The summed E-state index contributed by atoms with van der Waals surface area (Å²) in [6.45, 7) is 6.40. The molecule has 3 nitrogen and oxygen atoms in total. The van der Waals surface area contributed by atoms with Crippen molar-refractivity contribution in [3.8, 4) is 0 Å². The van der Waals surface area contributed by atoms with E-state index >= 15 is 0 Å². The van der Waals surface area contributed by atoms with Gasteiger partial charge in [0, 0.05) is 11.1 Å². The molecule has 0 bridgehead atoms. The topological polar surface area (TPSA) is 43.4 Å². The molecule has 0 radical (unpaired) electrons. The molecule has 0 fully saturated rings. The van der Waals surface area contributed by atoms with E-state index < -0.39 is 5.78 Å². The smallest absolute Gasteiger partial charge is 0.226 e. The average molecular weight is 314 g/mol. The summed E-state index contributed by atoms with van der Waals surface area (Å²) in [6, 6.07) is 7.24. The zero-order valence-electron chi connectivity index (χ0n) is 14.4. The lowest BCUT2D eigenvalue weighted by Crippen LogP contribution is -2.34. The highest BCUT2D eigenvalue weighted by molar-refractivity contribution is 6.34. The highest BCUT2D eigenvalue weighted by Crippen LogP contribution is 2.42. The van der Waals surface area contributed by atoms with Crippen LogP contribution in [0, 0.1) is 0 Å². The number of allylic oxidation sites excluding steroid dienone is 1. The molecule has 1 aliphatic heterocycles.